The van der Waals surface area contributed by atoms with Gasteiger partial charge in [0.15, 0.2) is 5.76 Å². The molecule has 32 heavy (non-hydrogen) atoms. The summed E-state index contributed by atoms with van der Waals surface area (Å²) in [6.45, 7) is 6.80. The second-order valence-electron chi connectivity index (χ2n) is 8.23. The number of hydrogen-bond acceptors (Lipinski definition) is 3. The van der Waals surface area contributed by atoms with E-state index in [1.54, 1.807) is 6.92 Å². The molecule has 1 aromatic heterocycles. The van der Waals surface area contributed by atoms with Crippen LogP contribution in [0.2, 0.25) is 0 Å². The standard InChI is InChI=1S/C28H28N2O2/c1-20(23-10-6-4-7-11-23)18-30(22(3)31)19-27-21(2)29-32-28(27)26-16-14-25(15-17-26)24-12-8-5-9-13-24/h4-17,20H,18-19H2,1-3H3. The molecule has 0 saturated carbocycles. The third-order valence-corrected chi connectivity index (χ3v) is 5.90. The summed E-state index contributed by atoms with van der Waals surface area (Å²) in [4.78, 5) is 14.3. The Morgan fingerprint density at radius 2 is 1.44 bits per heavy atom. The lowest BCUT2D eigenvalue weighted by atomic mass is 9.99. The van der Waals surface area contributed by atoms with Crippen LogP contribution in [-0.2, 0) is 11.3 Å². The molecule has 4 heteroatoms. The van der Waals surface area contributed by atoms with Gasteiger partial charge in [-0.05, 0) is 29.5 Å². The Hall–Kier alpha value is -3.66. The molecule has 0 radical (unpaired) electrons. The number of hydrogen-bond donors (Lipinski definition) is 0. The van der Waals surface area contributed by atoms with Gasteiger partial charge in [0.1, 0.15) is 0 Å². The Bertz CT molecular complexity index is 1170. The lowest BCUT2D eigenvalue weighted by Gasteiger charge is -2.25. The van der Waals surface area contributed by atoms with Crippen LogP contribution in [0.25, 0.3) is 22.5 Å². The number of nitrogens with zero attached hydrogens (tertiary/aromatic N) is 2. The molecule has 0 spiro atoms. The van der Waals surface area contributed by atoms with E-state index in [2.05, 4.69) is 60.6 Å². The van der Waals surface area contributed by atoms with Crippen LogP contribution in [0.3, 0.4) is 0 Å². The third-order valence-electron chi connectivity index (χ3n) is 5.90. The first kappa shape index (κ1) is 21.6. The summed E-state index contributed by atoms with van der Waals surface area (Å²) in [6, 6.07) is 28.8. The van der Waals surface area contributed by atoms with Crippen LogP contribution < -0.4 is 0 Å². The fraction of sp³-hybridized carbons (Fsp3) is 0.214. The van der Waals surface area contributed by atoms with Crippen LogP contribution in [0.5, 0.6) is 0 Å². The van der Waals surface area contributed by atoms with Gasteiger partial charge in [-0.1, -0.05) is 97.0 Å². The Labute approximate surface area is 189 Å². The number of rotatable bonds is 7. The van der Waals surface area contributed by atoms with Gasteiger partial charge < -0.3 is 9.42 Å². The van der Waals surface area contributed by atoms with Gasteiger partial charge in [-0.25, -0.2) is 0 Å². The van der Waals surface area contributed by atoms with Crippen LogP contribution in [0.15, 0.2) is 89.5 Å². The molecule has 4 rings (SSSR count). The summed E-state index contributed by atoms with van der Waals surface area (Å²) >= 11 is 0. The van der Waals surface area contributed by atoms with Crippen molar-refractivity contribution in [2.45, 2.75) is 33.2 Å². The minimum Gasteiger partial charge on any atom is -0.356 e. The quantitative estimate of drug-likeness (QED) is 0.342. The summed E-state index contributed by atoms with van der Waals surface area (Å²) < 4.78 is 5.71. The highest BCUT2D eigenvalue weighted by atomic mass is 16.5. The van der Waals surface area contributed by atoms with Gasteiger partial charge in [-0.15, -0.1) is 0 Å². The largest absolute Gasteiger partial charge is 0.356 e. The molecule has 0 N–H and O–H groups in total. The smallest absolute Gasteiger partial charge is 0.219 e. The van der Waals surface area contributed by atoms with E-state index < -0.39 is 0 Å². The molecule has 162 valence electrons. The number of carbonyl (C=O) groups excluding carboxylic acids is 1. The molecule has 0 saturated heterocycles. The maximum Gasteiger partial charge on any atom is 0.219 e. The molecule has 1 unspecified atom stereocenters. The zero-order valence-corrected chi connectivity index (χ0v) is 18.8. The molecule has 1 heterocycles. The Morgan fingerprint density at radius 3 is 2.06 bits per heavy atom. The van der Waals surface area contributed by atoms with Crippen molar-refractivity contribution in [3.63, 3.8) is 0 Å². The Kier molecular flexibility index (Phi) is 6.50. The van der Waals surface area contributed by atoms with Gasteiger partial charge in [0.2, 0.25) is 5.91 Å². The van der Waals surface area contributed by atoms with Crippen molar-refractivity contribution in [2.24, 2.45) is 0 Å². The number of aryl methyl sites for hydroxylation is 1. The van der Waals surface area contributed by atoms with E-state index >= 15 is 0 Å². The first-order valence-electron chi connectivity index (χ1n) is 10.9. The topological polar surface area (TPSA) is 46.3 Å². The third kappa shape index (κ3) is 4.80. The molecular weight excluding hydrogens is 396 g/mol. The van der Waals surface area contributed by atoms with Crippen molar-refractivity contribution in [2.75, 3.05) is 6.54 Å². The average Bonchev–Trinajstić information content (AvgIpc) is 3.19. The Balaban J connectivity index is 1.57. The second kappa shape index (κ2) is 9.65. The van der Waals surface area contributed by atoms with Gasteiger partial charge in [0.25, 0.3) is 0 Å². The zero-order chi connectivity index (χ0) is 22.5. The Morgan fingerprint density at radius 1 is 0.875 bits per heavy atom. The molecule has 4 nitrogen and oxygen atoms in total. The molecule has 0 fully saturated rings. The van der Waals surface area contributed by atoms with Gasteiger partial charge in [0.05, 0.1) is 12.2 Å². The van der Waals surface area contributed by atoms with Crippen LogP contribution in [0, 0.1) is 6.92 Å². The summed E-state index contributed by atoms with van der Waals surface area (Å²) in [6.07, 6.45) is 0. The monoisotopic (exact) mass is 424 g/mol. The zero-order valence-electron chi connectivity index (χ0n) is 18.8. The highest BCUT2D eigenvalue weighted by Crippen LogP contribution is 2.30. The molecule has 1 amide bonds. The normalized spacial score (nSPS) is 11.8. The van der Waals surface area contributed by atoms with E-state index in [1.165, 1.54) is 11.1 Å². The summed E-state index contributed by atoms with van der Waals surface area (Å²) in [5.41, 5.74) is 6.26. The first-order chi connectivity index (χ1) is 15.5. The summed E-state index contributed by atoms with van der Waals surface area (Å²) in [5, 5.41) is 4.21. The number of carbonyl (C=O) groups is 1. The molecule has 0 bridgehead atoms. The van der Waals surface area contributed by atoms with Gasteiger partial charge in [-0.3, -0.25) is 4.79 Å². The van der Waals surface area contributed by atoms with E-state index in [4.69, 9.17) is 4.52 Å². The van der Waals surface area contributed by atoms with Crippen LogP contribution in [-0.4, -0.2) is 22.5 Å². The molecule has 3 aromatic carbocycles. The average molecular weight is 425 g/mol. The van der Waals surface area contributed by atoms with Crippen molar-refractivity contribution in [3.05, 3.63) is 102 Å². The fourth-order valence-electron chi connectivity index (χ4n) is 3.96. The van der Waals surface area contributed by atoms with Gasteiger partial charge in [0, 0.05) is 24.6 Å². The van der Waals surface area contributed by atoms with E-state index in [9.17, 15) is 4.79 Å². The summed E-state index contributed by atoms with van der Waals surface area (Å²) in [7, 11) is 0. The van der Waals surface area contributed by atoms with Crippen LogP contribution in [0.1, 0.15) is 36.6 Å². The van der Waals surface area contributed by atoms with E-state index in [0.717, 1.165) is 28.1 Å². The van der Waals surface area contributed by atoms with E-state index in [1.807, 2.05) is 48.2 Å². The minimum atomic E-state index is 0.0405. The number of aromatic nitrogens is 1. The maximum atomic E-state index is 12.5. The van der Waals surface area contributed by atoms with Crippen molar-refractivity contribution in [1.29, 1.82) is 0 Å². The number of amides is 1. The molecule has 0 aliphatic carbocycles. The lowest BCUT2D eigenvalue weighted by Crippen LogP contribution is -2.32. The molecule has 0 aliphatic rings. The predicted molar refractivity (Wildman–Crippen MR) is 128 cm³/mol. The van der Waals surface area contributed by atoms with Gasteiger partial charge >= 0.3 is 0 Å². The summed E-state index contributed by atoms with van der Waals surface area (Å²) in [5.74, 6) is 0.994. The molecular formula is C28H28N2O2. The first-order valence-corrected chi connectivity index (χ1v) is 10.9. The molecule has 4 aromatic rings. The SMILES string of the molecule is CC(=O)N(Cc1c(C)noc1-c1ccc(-c2ccccc2)cc1)CC(C)c1ccccc1. The van der Waals surface area contributed by atoms with Gasteiger partial charge in [-0.2, -0.15) is 0 Å². The van der Waals surface area contributed by atoms with Crippen LogP contribution >= 0.6 is 0 Å². The van der Waals surface area contributed by atoms with Crippen molar-refractivity contribution in [1.82, 2.24) is 10.1 Å². The van der Waals surface area contributed by atoms with E-state index in [-0.39, 0.29) is 11.8 Å². The van der Waals surface area contributed by atoms with Crippen molar-refractivity contribution in [3.8, 4) is 22.5 Å². The molecule has 1 atom stereocenters. The number of benzene rings is 3. The lowest BCUT2D eigenvalue weighted by molar-refractivity contribution is -0.129. The minimum absolute atomic E-state index is 0.0405. The highest BCUT2D eigenvalue weighted by Gasteiger charge is 2.21. The second-order valence-corrected chi connectivity index (χ2v) is 8.23. The highest BCUT2D eigenvalue weighted by molar-refractivity contribution is 5.74. The van der Waals surface area contributed by atoms with Crippen molar-refractivity contribution >= 4 is 5.91 Å². The van der Waals surface area contributed by atoms with Crippen molar-refractivity contribution < 1.29 is 9.32 Å². The van der Waals surface area contributed by atoms with E-state index in [0.29, 0.717) is 13.1 Å². The maximum absolute atomic E-state index is 12.5. The molecule has 0 aliphatic heterocycles. The fourth-order valence-corrected chi connectivity index (χ4v) is 3.96. The predicted octanol–water partition coefficient (Wildman–Crippen LogP) is 6.47. The van der Waals surface area contributed by atoms with Crippen LogP contribution in [0.4, 0.5) is 0 Å².